The van der Waals surface area contributed by atoms with Gasteiger partial charge in [-0.3, -0.25) is 9.59 Å². The lowest BCUT2D eigenvalue weighted by atomic mass is 9.73. The van der Waals surface area contributed by atoms with Crippen molar-refractivity contribution < 1.29 is 24.5 Å². The zero-order valence-electron chi connectivity index (χ0n) is 15.4. The number of carbonyl (C=O) groups is 2. The molecule has 6 heteroatoms. The zero-order valence-corrected chi connectivity index (χ0v) is 15.4. The molecule has 2 fully saturated rings. The van der Waals surface area contributed by atoms with Crippen molar-refractivity contribution in [1.29, 1.82) is 0 Å². The van der Waals surface area contributed by atoms with Crippen LogP contribution in [0.25, 0.3) is 0 Å². The van der Waals surface area contributed by atoms with Crippen LogP contribution in [-0.4, -0.2) is 52.8 Å². The van der Waals surface area contributed by atoms with Gasteiger partial charge in [0.25, 0.3) is 5.91 Å². The van der Waals surface area contributed by atoms with Crippen molar-refractivity contribution in [2.45, 2.75) is 45.6 Å². The van der Waals surface area contributed by atoms with Crippen molar-refractivity contribution in [3.05, 3.63) is 29.3 Å². The number of carboxylic acid groups (broad SMARTS) is 1. The highest BCUT2D eigenvalue weighted by atomic mass is 16.5. The lowest BCUT2D eigenvalue weighted by Crippen LogP contribution is -2.58. The van der Waals surface area contributed by atoms with Gasteiger partial charge < -0.3 is 19.8 Å². The number of hydrogen-bond donors (Lipinski definition) is 2. The standard InChI is InChI=1S/C20H27NO5/c1-13-3-6-16(9-14(13)2)26-11-18(23)21-8-7-17(22)20(12-21,19(24)25)10-15-4-5-15/h3,6,9,15,17,22H,4-5,7-8,10-12H2,1-2H3,(H,24,25)/t17-,20+/m1/s1. The molecular weight excluding hydrogens is 334 g/mol. The molecule has 1 aromatic rings. The Bertz CT molecular complexity index is 699. The number of hydrogen-bond acceptors (Lipinski definition) is 4. The second kappa shape index (κ2) is 7.27. The highest BCUT2D eigenvalue weighted by Gasteiger charge is 2.52. The molecule has 0 bridgehead atoms. The normalized spacial score (nSPS) is 25.8. The molecule has 1 aromatic carbocycles. The van der Waals surface area contributed by atoms with Gasteiger partial charge in [-0.05, 0) is 55.9 Å². The van der Waals surface area contributed by atoms with Crippen LogP contribution < -0.4 is 4.74 Å². The van der Waals surface area contributed by atoms with E-state index in [0.29, 0.717) is 24.6 Å². The molecular formula is C20H27NO5. The number of aliphatic carboxylic acids is 1. The molecule has 1 heterocycles. The zero-order chi connectivity index (χ0) is 18.9. The second-order valence-electron chi connectivity index (χ2n) is 7.76. The maximum Gasteiger partial charge on any atom is 0.314 e. The molecule has 2 aliphatic rings. The summed E-state index contributed by atoms with van der Waals surface area (Å²) in [7, 11) is 0. The molecule has 1 aliphatic carbocycles. The summed E-state index contributed by atoms with van der Waals surface area (Å²) < 4.78 is 5.60. The van der Waals surface area contributed by atoms with Gasteiger partial charge in [0.2, 0.25) is 0 Å². The lowest BCUT2D eigenvalue weighted by Gasteiger charge is -2.43. The Balaban J connectivity index is 1.65. The van der Waals surface area contributed by atoms with E-state index in [-0.39, 0.29) is 25.5 Å². The van der Waals surface area contributed by atoms with Crippen LogP contribution in [0.4, 0.5) is 0 Å². The molecule has 0 spiro atoms. The first-order valence-electron chi connectivity index (χ1n) is 9.21. The van der Waals surface area contributed by atoms with Gasteiger partial charge in [0.1, 0.15) is 11.2 Å². The second-order valence-corrected chi connectivity index (χ2v) is 7.76. The number of aliphatic hydroxyl groups is 1. The van der Waals surface area contributed by atoms with Crippen LogP contribution in [0.15, 0.2) is 18.2 Å². The van der Waals surface area contributed by atoms with Gasteiger partial charge in [0.05, 0.1) is 6.10 Å². The minimum Gasteiger partial charge on any atom is -0.484 e. The van der Waals surface area contributed by atoms with Crippen LogP contribution in [0.3, 0.4) is 0 Å². The molecule has 142 valence electrons. The average molecular weight is 361 g/mol. The van der Waals surface area contributed by atoms with E-state index in [1.165, 1.54) is 4.90 Å². The van der Waals surface area contributed by atoms with Crippen molar-refractivity contribution in [2.24, 2.45) is 11.3 Å². The Morgan fingerprint density at radius 1 is 1.23 bits per heavy atom. The SMILES string of the molecule is Cc1ccc(OCC(=O)N2CC[C@@H](O)[C@@](CC3CC3)(C(=O)O)C2)cc1C. The number of carboxylic acids is 1. The lowest BCUT2D eigenvalue weighted by molar-refractivity contribution is -0.167. The molecule has 2 atom stereocenters. The molecule has 0 radical (unpaired) electrons. The van der Waals surface area contributed by atoms with Gasteiger partial charge in [-0.2, -0.15) is 0 Å². The number of aryl methyl sites for hydroxylation is 2. The summed E-state index contributed by atoms with van der Waals surface area (Å²) in [4.78, 5) is 26.0. The van der Waals surface area contributed by atoms with Gasteiger partial charge in [-0.15, -0.1) is 0 Å². The first kappa shape index (κ1) is 18.7. The molecule has 1 aliphatic heterocycles. The van der Waals surface area contributed by atoms with Crippen LogP contribution in [0.1, 0.15) is 36.8 Å². The average Bonchev–Trinajstić information content (AvgIpc) is 3.41. The van der Waals surface area contributed by atoms with E-state index in [2.05, 4.69) is 0 Å². The third-order valence-corrected chi connectivity index (χ3v) is 5.75. The maximum atomic E-state index is 12.6. The smallest absolute Gasteiger partial charge is 0.314 e. The van der Waals surface area contributed by atoms with Crippen LogP contribution in [0.2, 0.25) is 0 Å². The number of piperidine rings is 1. The van der Waals surface area contributed by atoms with E-state index >= 15 is 0 Å². The van der Waals surface area contributed by atoms with E-state index < -0.39 is 17.5 Å². The molecule has 26 heavy (non-hydrogen) atoms. The van der Waals surface area contributed by atoms with E-state index in [4.69, 9.17) is 4.74 Å². The number of likely N-dealkylation sites (tertiary alicyclic amines) is 1. The van der Waals surface area contributed by atoms with Gasteiger partial charge in [0, 0.05) is 13.1 Å². The Morgan fingerprint density at radius 2 is 1.96 bits per heavy atom. The minimum absolute atomic E-state index is 0.0507. The Kier molecular flexibility index (Phi) is 5.23. The van der Waals surface area contributed by atoms with E-state index in [9.17, 15) is 19.8 Å². The minimum atomic E-state index is -1.25. The molecule has 3 rings (SSSR count). The number of amides is 1. The van der Waals surface area contributed by atoms with E-state index in [0.717, 1.165) is 24.0 Å². The van der Waals surface area contributed by atoms with Gasteiger partial charge in [-0.1, -0.05) is 18.9 Å². The van der Waals surface area contributed by atoms with Crippen molar-refractivity contribution in [3.8, 4) is 5.75 Å². The van der Waals surface area contributed by atoms with Crippen molar-refractivity contribution in [3.63, 3.8) is 0 Å². The third kappa shape index (κ3) is 3.85. The number of carbonyl (C=O) groups excluding carboxylic acids is 1. The number of ether oxygens (including phenoxy) is 1. The molecule has 2 N–H and O–H groups in total. The topological polar surface area (TPSA) is 87.1 Å². The van der Waals surface area contributed by atoms with Crippen molar-refractivity contribution in [2.75, 3.05) is 19.7 Å². The first-order valence-corrected chi connectivity index (χ1v) is 9.21. The summed E-state index contributed by atoms with van der Waals surface area (Å²) in [6.45, 7) is 4.27. The quantitative estimate of drug-likeness (QED) is 0.811. The summed E-state index contributed by atoms with van der Waals surface area (Å²) >= 11 is 0. The van der Waals surface area contributed by atoms with Gasteiger partial charge in [0.15, 0.2) is 6.61 Å². The predicted octanol–water partition coefficient (Wildman–Crippen LogP) is 2.15. The largest absolute Gasteiger partial charge is 0.484 e. The van der Waals surface area contributed by atoms with Gasteiger partial charge in [-0.25, -0.2) is 0 Å². The molecule has 6 nitrogen and oxygen atoms in total. The summed E-state index contributed by atoms with van der Waals surface area (Å²) in [6.07, 6.45) is 1.82. The fraction of sp³-hybridized carbons (Fsp3) is 0.600. The summed E-state index contributed by atoms with van der Waals surface area (Å²) in [6, 6.07) is 5.65. The molecule has 0 aromatic heterocycles. The molecule has 1 saturated carbocycles. The van der Waals surface area contributed by atoms with Crippen LogP contribution in [0, 0.1) is 25.2 Å². The summed E-state index contributed by atoms with van der Waals surface area (Å²) in [5.41, 5.74) is 0.987. The van der Waals surface area contributed by atoms with Crippen molar-refractivity contribution >= 4 is 11.9 Å². The van der Waals surface area contributed by atoms with Gasteiger partial charge >= 0.3 is 5.97 Å². The molecule has 1 amide bonds. The monoisotopic (exact) mass is 361 g/mol. The van der Waals surface area contributed by atoms with Crippen LogP contribution in [0.5, 0.6) is 5.75 Å². The summed E-state index contributed by atoms with van der Waals surface area (Å²) in [5.74, 6) is -0.274. The first-order chi connectivity index (χ1) is 12.3. The van der Waals surface area contributed by atoms with E-state index in [1.54, 1.807) is 0 Å². The fourth-order valence-corrected chi connectivity index (χ4v) is 3.67. The number of benzene rings is 1. The molecule has 1 saturated heterocycles. The van der Waals surface area contributed by atoms with Crippen molar-refractivity contribution in [1.82, 2.24) is 4.90 Å². The number of aliphatic hydroxyl groups excluding tert-OH is 1. The Labute approximate surface area is 153 Å². The highest BCUT2D eigenvalue weighted by Crippen LogP contribution is 2.45. The summed E-state index contributed by atoms with van der Waals surface area (Å²) in [5, 5.41) is 20.2. The number of nitrogens with zero attached hydrogens (tertiary/aromatic N) is 1. The highest BCUT2D eigenvalue weighted by molar-refractivity contribution is 5.81. The maximum absolute atomic E-state index is 12.6. The molecule has 0 unspecified atom stereocenters. The van der Waals surface area contributed by atoms with Crippen LogP contribution in [-0.2, 0) is 9.59 Å². The number of rotatable bonds is 6. The fourth-order valence-electron chi connectivity index (χ4n) is 3.67. The van der Waals surface area contributed by atoms with E-state index in [1.807, 2.05) is 32.0 Å². The Morgan fingerprint density at radius 3 is 2.58 bits per heavy atom. The predicted molar refractivity (Wildman–Crippen MR) is 96.0 cm³/mol. The third-order valence-electron chi connectivity index (χ3n) is 5.75. The van der Waals surface area contributed by atoms with Crippen LogP contribution >= 0.6 is 0 Å². The Hall–Kier alpha value is -2.08.